The molecule has 1 saturated heterocycles. The van der Waals surface area contributed by atoms with E-state index in [0.717, 1.165) is 29.2 Å². The van der Waals surface area contributed by atoms with Crippen molar-refractivity contribution in [2.75, 3.05) is 46.4 Å². The zero-order valence-electron chi connectivity index (χ0n) is 18.7. The molecule has 2 N–H and O–H groups in total. The Hall–Kier alpha value is -3.50. The third-order valence-electron chi connectivity index (χ3n) is 6.14. The molecular weight excluding hydrogens is 442 g/mol. The lowest BCUT2D eigenvalue weighted by Gasteiger charge is -2.36. The van der Waals surface area contributed by atoms with Crippen molar-refractivity contribution < 1.29 is 33.6 Å². The van der Waals surface area contributed by atoms with Gasteiger partial charge < -0.3 is 34.3 Å². The molecule has 5 rings (SSSR count). The summed E-state index contributed by atoms with van der Waals surface area (Å²) in [7, 11) is 0. The fourth-order valence-electron chi connectivity index (χ4n) is 4.31. The van der Waals surface area contributed by atoms with Gasteiger partial charge in [-0.1, -0.05) is 12.1 Å². The minimum Gasteiger partial charge on any atom is -0.454 e. The number of carbonyl (C=O) groups is 2. The molecule has 0 spiro atoms. The highest BCUT2D eigenvalue weighted by molar-refractivity contribution is 5.88. The van der Waals surface area contributed by atoms with E-state index in [0.29, 0.717) is 37.7 Å². The van der Waals surface area contributed by atoms with Crippen LogP contribution in [0.3, 0.4) is 0 Å². The Kier molecular flexibility index (Phi) is 6.41. The molecular formula is C24H27N3O7. The van der Waals surface area contributed by atoms with Gasteiger partial charge in [0.05, 0.1) is 13.0 Å². The second-order valence-electron chi connectivity index (χ2n) is 8.46. The average molecular weight is 469 g/mol. The molecule has 1 fully saturated rings. The molecule has 3 aliphatic heterocycles. The molecule has 0 unspecified atom stereocenters. The summed E-state index contributed by atoms with van der Waals surface area (Å²) in [5.41, 5.74) is 1.86. The zero-order chi connectivity index (χ0) is 23.5. The van der Waals surface area contributed by atoms with Gasteiger partial charge in [-0.25, -0.2) is 0 Å². The van der Waals surface area contributed by atoms with Crippen molar-refractivity contribution in [2.24, 2.45) is 0 Å². The van der Waals surface area contributed by atoms with Gasteiger partial charge in [0.25, 0.3) is 0 Å². The normalized spacial score (nSPS) is 17.5. The molecule has 2 amide bonds. The van der Waals surface area contributed by atoms with Crippen LogP contribution in [0.5, 0.6) is 23.0 Å². The molecule has 10 nitrogen and oxygen atoms in total. The maximum atomic E-state index is 12.9. The van der Waals surface area contributed by atoms with Crippen LogP contribution in [0.25, 0.3) is 0 Å². The number of amides is 2. The summed E-state index contributed by atoms with van der Waals surface area (Å²) in [6.45, 7) is 3.15. The van der Waals surface area contributed by atoms with E-state index in [2.05, 4.69) is 10.2 Å². The molecule has 0 aromatic heterocycles. The van der Waals surface area contributed by atoms with Gasteiger partial charge in [0.1, 0.15) is 6.04 Å². The van der Waals surface area contributed by atoms with Crippen molar-refractivity contribution >= 4 is 11.8 Å². The summed E-state index contributed by atoms with van der Waals surface area (Å²) in [6, 6.07) is 10.2. The SMILES string of the molecule is O=C(Cc1ccc2c(c1)OCO2)N[C@@H](CO)C(=O)N1CCN(Cc2ccc3c(c2)OCO3)CC1. The van der Waals surface area contributed by atoms with Crippen LogP contribution in [0.15, 0.2) is 36.4 Å². The largest absolute Gasteiger partial charge is 0.454 e. The third-order valence-corrected chi connectivity index (χ3v) is 6.14. The quantitative estimate of drug-likeness (QED) is 0.604. The molecule has 2 aromatic rings. The van der Waals surface area contributed by atoms with Gasteiger partial charge in [-0.2, -0.15) is 0 Å². The fraction of sp³-hybridized carbons (Fsp3) is 0.417. The number of hydrogen-bond acceptors (Lipinski definition) is 8. The van der Waals surface area contributed by atoms with Crippen molar-refractivity contribution in [1.29, 1.82) is 0 Å². The summed E-state index contributed by atoms with van der Waals surface area (Å²) in [4.78, 5) is 29.4. The van der Waals surface area contributed by atoms with Crippen LogP contribution in [0, 0.1) is 0 Å². The Morgan fingerprint density at radius 1 is 0.853 bits per heavy atom. The number of aliphatic hydroxyl groups is 1. The number of piperazine rings is 1. The Morgan fingerprint density at radius 2 is 1.44 bits per heavy atom. The van der Waals surface area contributed by atoms with E-state index in [4.69, 9.17) is 18.9 Å². The van der Waals surface area contributed by atoms with Gasteiger partial charge in [-0.15, -0.1) is 0 Å². The molecule has 3 aliphatic rings. The summed E-state index contributed by atoms with van der Waals surface area (Å²) in [5, 5.41) is 12.4. The van der Waals surface area contributed by atoms with Gasteiger partial charge in [0.2, 0.25) is 25.4 Å². The third kappa shape index (κ3) is 4.87. The van der Waals surface area contributed by atoms with Gasteiger partial charge in [-0.3, -0.25) is 14.5 Å². The molecule has 0 bridgehead atoms. The monoisotopic (exact) mass is 469 g/mol. The van der Waals surface area contributed by atoms with Gasteiger partial charge in [0, 0.05) is 32.7 Å². The number of ether oxygens (including phenoxy) is 4. The lowest BCUT2D eigenvalue weighted by atomic mass is 10.1. The molecule has 1 atom stereocenters. The standard InChI is InChI=1S/C24H27N3O7/c28-13-18(25-23(29)11-16-1-3-19-21(9-16)33-14-31-19)24(30)27-7-5-26(6-8-27)12-17-2-4-20-22(10-17)34-15-32-20/h1-4,9-10,18,28H,5-8,11-15H2,(H,25,29)/t18-/m0/s1. The Labute approximate surface area is 196 Å². The number of aliphatic hydroxyl groups excluding tert-OH is 1. The smallest absolute Gasteiger partial charge is 0.247 e. The first kappa shape index (κ1) is 22.3. The van der Waals surface area contributed by atoms with Crippen LogP contribution in [-0.2, 0) is 22.6 Å². The van der Waals surface area contributed by atoms with Crippen LogP contribution in [0.1, 0.15) is 11.1 Å². The van der Waals surface area contributed by atoms with Gasteiger partial charge >= 0.3 is 0 Å². The number of carbonyl (C=O) groups excluding carboxylic acids is 2. The lowest BCUT2D eigenvalue weighted by molar-refractivity contribution is -0.139. The van der Waals surface area contributed by atoms with E-state index in [1.807, 2.05) is 18.2 Å². The van der Waals surface area contributed by atoms with Crippen LogP contribution in [0.4, 0.5) is 0 Å². The number of nitrogens with zero attached hydrogens (tertiary/aromatic N) is 2. The maximum Gasteiger partial charge on any atom is 0.247 e. The number of hydrogen-bond donors (Lipinski definition) is 2. The number of benzene rings is 2. The summed E-state index contributed by atoms with van der Waals surface area (Å²) in [5.74, 6) is 2.14. The summed E-state index contributed by atoms with van der Waals surface area (Å²) >= 11 is 0. The molecule has 0 aliphatic carbocycles. The highest BCUT2D eigenvalue weighted by atomic mass is 16.7. The van der Waals surface area contributed by atoms with Crippen LogP contribution in [-0.4, -0.2) is 79.1 Å². The van der Waals surface area contributed by atoms with Crippen LogP contribution in [0.2, 0.25) is 0 Å². The van der Waals surface area contributed by atoms with E-state index in [9.17, 15) is 14.7 Å². The minimum atomic E-state index is -0.970. The van der Waals surface area contributed by atoms with E-state index in [-0.39, 0.29) is 31.8 Å². The van der Waals surface area contributed by atoms with Crippen LogP contribution >= 0.6 is 0 Å². The Balaban J connectivity index is 1.10. The van der Waals surface area contributed by atoms with Crippen molar-refractivity contribution in [3.63, 3.8) is 0 Å². The predicted molar refractivity (Wildman–Crippen MR) is 120 cm³/mol. The second kappa shape index (κ2) is 9.78. The van der Waals surface area contributed by atoms with Crippen molar-refractivity contribution in [2.45, 2.75) is 19.0 Å². The van der Waals surface area contributed by atoms with Gasteiger partial charge in [-0.05, 0) is 35.4 Å². The number of fused-ring (bicyclic) bond motifs is 2. The van der Waals surface area contributed by atoms with Crippen molar-refractivity contribution in [3.8, 4) is 23.0 Å². The Bertz CT molecular complexity index is 1070. The zero-order valence-corrected chi connectivity index (χ0v) is 18.7. The van der Waals surface area contributed by atoms with Crippen molar-refractivity contribution in [1.82, 2.24) is 15.1 Å². The average Bonchev–Trinajstić information content (AvgIpc) is 3.51. The first-order chi connectivity index (χ1) is 16.6. The highest BCUT2D eigenvalue weighted by Crippen LogP contribution is 2.33. The molecule has 0 saturated carbocycles. The van der Waals surface area contributed by atoms with E-state index < -0.39 is 12.6 Å². The summed E-state index contributed by atoms with van der Waals surface area (Å²) in [6.07, 6.45) is 0.0731. The molecule has 34 heavy (non-hydrogen) atoms. The Morgan fingerprint density at radius 3 is 2.09 bits per heavy atom. The maximum absolute atomic E-state index is 12.9. The molecule has 180 valence electrons. The lowest BCUT2D eigenvalue weighted by Crippen LogP contribution is -2.56. The predicted octanol–water partition coefficient (Wildman–Crippen LogP) is 0.508. The number of nitrogens with one attached hydrogen (secondary N) is 1. The molecule has 2 aromatic carbocycles. The van der Waals surface area contributed by atoms with E-state index >= 15 is 0 Å². The van der Waals surface area contributed by atoms with Crippen LogP contribution < -0.4 is 24.3 Å². The van der Waals surface area contributed by atoms with E-state index in [1.54, 1.807) is 23.1 Å². The van der Waals surface area contributed by atoms with Gasteiger partial charge in [0.15, 0.2) is 23.0 Å². The topological polar surface area (TPSA) is 110 Å². The first-order valence-corrected chi connectivity index (χ1v) is 11.3. The molecule has 3 heterocycles. The van der Waals surface area contributed by atoms with Crippen molar-refractivity contribution in [3.05, 3.63) is 47.5 Å². The second-order valence-corrected chi connectivity index (χ2v) is 8.46. The first-order valence-electron chi connectivity index (χ1n) is 11.3. The molecule has 10 heteroatoms. The fourth-order valence-corrected chi connectivity index (χ4v) is 4.31. The number of rotatable bonds is 7. The van der Waals surface area contributed by atoms with E-state index in [1.165, 1.54) is 0 Å². The summed E-state index contributed by atoms with van der Waals surface area (Å²) < 4.78 is 21.4. The molecule has 0 radical (unpaired) electrons. The highest BCUT2D eigenvalue weighted by Gasteiger charge is 2.28. The minimum absolute atomic E-state index is 0.0731.